The third kappa shape index (κ3) is 3.27. The van der Waals surface area contributed by atoms with Gasteiger partial charge in [0.15, 0.2) is 0 Å². The molecule has 21 heavy (non-hydrogen) atoms. The summed E-state index contributed by atoms with van der Waals surface area (Å²) in [5.41, 5.74) is 4.00. The minimum atomic E-state index is 0.376. The van der Waals surface area contributed by atoms with E-state index in [2.05, 4.69) is 61.6 Å². The van der Waals surface area contributed by atoms with E-state index in [0.29, 0.717) is 12.0 Å². The number of hydrogen-bond acceptors (Lipinski definition) is 2. The van der Waals surface area contributed by atoms with Gasteiger partial charge >= 0.3 is 0 Å². The molecule has 0 amide bonds. The third-order valence-corrected chi connectivity index (χ3v) is 4.33. The fourth-order valence-electron chi connectivity index (χ4n) is 2.92. The molecule has 0 spiro atoms. The number of fused-ring (bicyclic) bond motifs is 1. The van der Waals surface area contributed by atoms with Crippen LogP contribution >= 0.6 is 0 Å². The second-order valence-electron chi connectivity index (χ2n) is 5.91. The van der Waals surface area contributed by atoms with E-state index in [1.165, 1.54) is 16.7 Å². The highest BCUT2D eigenvalue weighted by molar-refractivity contribution is 5.38. The van der Waals surface area contributed by atoms with E-state index in [9.17, 15) is 0 Å². The average Bonchev–Trinajstić information content (AvgIpc) is 2.53. The van der Waals surface area contributed by atoms with Gasteiger partial charge in [-0.3, -0.25) is 0 Å². The lowest BCUT2D eigenvalue weighted by Gasteiger charge is -2.27. The van der Waals surface area contributed by atoms with Crippen molar-refractivity contribution in [1.29, 1.82) is 0 Å². The Morgan fingerprint density at radius 2 is 1.90 bits per heavy atom. The smallest absolute Gasteiger partial charge is 0.122 e. The molecule has 2 atom stereocenters. The summed E-state index contributed by atoms with van der Waals surface area (Å²) in [4.78, 5) is 0. The van der Waals surface area contributed by atoms with E-state index < -0.39 is 0 Å². The first-order chi connectivity index (χ1) is 10.2. The number of hydrogen-bond donors (Lipinski definition) is 1. The van der Waals surface area contributed by atoms with Gasteiger partial charge in [0.05, 0.1) is 6.61 Å². The molecule has 0 fully saturated rings. The lowest BCUT2D eigenvalue weighted by atomic mass is 9.92. The van der Waals surface area contributed by atoms with Crippen molar-refractivity contribution in [3.8, 4) is 5.75 Å². The molecule has 3 rings (SSSR count). The van der Waals surface area contributed by atoms with Crippen molar-refractivity contribution in [2.75, 3.05) is 13.2 Å². The highest BCUT2D eigenvalue weighted by atomic mass is 16.5. The largest absolute Gasteiger partial charge is 0.493 e. The third-order valence-electron chi connectivity index (χ3n) is 4.33. The quantitative estimate of drug-likeness (QED) is 0.906. The summed E-state index contributed by atoms with van der Waals surface area (Å²) in [5.74, 6) is 1.60. The lowest BCUT2D eigenvalue weighted by Crippen LogP contribution is -2.28. The zero-order chi connectivity index (χ0) is 14.7. The van der Waals surface area contributed by atoms with Gasteiger partial charge in [-0.15, -0.1) is 0 Å². The molecule has 0 bridgehead atoms. The maximum atomic E-state index is 5.73. The highest BCUT2D eigenvalue weighted by Gasteiger charge is 2.21. The van der Waals surface area contributed by atoms with Crippen LogP contribution in [0.25, 0.3) is 0 Å². The van der Waals surface area contributed by atoms with Gasteiger partial charge in [-0.2, -0.15) is 0 Å². The van der Waals surface area contributed by atoms with Crippen LogP contribution in [0.2, 0.25) is 0 Å². The predicted molar refractivity (Wildman–Crippen MR) is 86.9 cm³/mol. The van der Waals surface area contributed by atoms with E-state index >= 15 is 0 Å². The molecular weight excluding hydrogens is 258 g/mol. The van der Waals surface area contributed by atoms with Gasteiger partial charge in [0, 0.05) is 18.5 Å². The fourth-order valence-corrected chi connectivity index (χ4v) is 2.92. The number of nitrogens with one attached hydrogen (secondary N) is 1. The SMILES string of the molecule is Cc1ccc([C@@H](C)NCC2CCOc3ccccc32)cc1. The monoisotopic (exact) mass is 281 g/mol. The van der Waals surface area contributed by atoms with Crippen LogP contribution in [0.15, 0.2) is 48.5 Å². The van der Waals surface area contributed by atoms with E-state index in [0.717, 1.165) is 25.3 Å². The molecule has 110 valence electrons. The zero-order valence-electron chi connectivity index (χ0n) is 12.8. The summed E-state index contributed by atoms with van der Waals surface area (Å²) in [6.07, 6.45) is 1.09. The first-order valence-electron chi connectivity index (χ1n) is 7.75. The molecule has 1 unspecified atom stereocenters. The molecule has 0 aliphatic carbocycles. The second kappa shape index (κ2) is 6.31. The normalized spacial score (nSPS) is 18.7. The van der Waals surface area contributed by atoms with Crippen molar-refractivity contribution in [3.05, 3.63) is 65.2 Å². The van der Waals surface area contributed by atoms with Crippen LogP contribution < -0.4 is 10.1 Å². The van der Waals surface area contributed by atoms with E-state index in [-0.39, 0.29) is 0 Å². The first-order valence-corrected chi connectivity index (χ1v) is 7.75. The van der Waals surface area contributed by atoms with Gasteiger partial charge in [0.2, 0.25) is 0 Å². The minimum Gasteiger partial charge on any atom is -0.493 e. The molecule has 1 aliphatic heterocycles. The molecule has 1 heterocycles. The Morgan fingerprint density at radius 3 is 2.71 bits per heavy atom. The first kappa shape index (κ1) is 14.2. The Labute approximate surface area is 127 Å². The number of para-hydroxylation sites is 1. The topological polar surface area (TPSA) is 21.3 Å². The number of benzene rings is 2. The molecule has 0 saturated carbocycles. The predicted octanol–water partition coefficient (Wildman–Crippen LogP) is 4.21. The van der Waals surface area contributed by atoms with E-state index in [1.807, 2.05) is 6.07 Å². The summed E-state index contributed by atoms with van der Waals surface area (Å²) in [7, 11) is 0. The van der Waals surface area contributed by atoms with Gasteiger partial charge < -0.3 is 10.1 Å². The highest BCUT2D eigenvalue weighted by Crippen LogP contribution is 2.33. The van der Waals surface area contributed by atoms with E-state index in [4.69, 9.17) is 4.74 Å². The molecule has 1 N–H and O–H groups in total. The number of aryl methyl sites for hydroxylation is 1. The Hall–Kier alpha value is -1.80. The van der Waals surface area contributed by atoms with Gasteiger partial charge in [0.1, 0.15) is 5.75 Å². The summed E-state index contributed by atoms with van der Waals surface area (Å²) < 4.78 is 5.73. The molecule has 0 aromatic heterocycles. The van der Waals surface area contributed by atoms with Crippen LogP contribution in [0.4, 0.5) is 0 Å². The van der Waals surface area contributed by atoms with Gasteiger partial charge in [-0.1, -0.05) is 48.0 Å². The second-order valence-corrected chi connectivity index (χ2v) is 5.91. The zero-order valence-corrected chi connectivity index (χ0v) is 12.8. The van der Waals surface area contributed by atoms with Crippen molar-refractivity contribution >= 4 is 0 Å². The van der Waals surface area contributed by atoms with Crippen molar-refractivity contribution in [1.82, 2.24) is 5.32 Å². The molecule has 2 nitrogen and oxygen atoms in total. The molecule has 2 aromatic carbocycles. The fraction of sp³-hybridized carbons (Fsp3) is 0.368. The lowest BCUT2D eigenvalue weighted by molar-refractivity contribution is 0.263. The molecule has 2 heteroatoms. The number of ether oxygens (including phenoxy) is 1. The van der Waals surface area contributed by atoms with Gasteiger partial charge in [0.25, 0.3) is 0 Å². The van der Waals surface area contributed by atoms with Crippen molar-refractivity contribution in [2.45, 2.75) is 32.2 Å². The maximum absolute atomic E-state index is 5.73. The van der Waals surface area contributed by atoms with E-state index in [1.54, 1.807) is 0 Å². The summed E-state index contributed by atoms with van der Waals surface area (Å²) in [6, 6.07) is 17.6. The molecule has 2 aromatic rings. The summed E-state index contributed by atoms with van der Waals surface area (Å²) in [5, 5.41) is 3.67. The Balaban J connectivity index is 1.64. The van der Waals surface area contributed by atoms with Crippen LogP contribution in [0.3, 0.4) is 0 Å². The molecule has 0 saturated heterocycles. The Morgan fingerprint density at radius 1 is 1.14 bits per heavy atom. The summed E-state index contributed by atoms with van der Waals surface area (Å²) in [6.45, 7) is 6.18. The maximum Gasteiger partial charge on any atom is 0.122 e. The van der Waals surface area contributed by atoms with Crippen molar-refractivity contribution < 1.29 is 4.74 Å². The van der Waals surface area contributed by atoms with Gasteiger partial charge in [-0.25, -0.2) is 0 Å². The minimum absolute atomic E-state index is 0.376. The van der Waals surface area contributed by atoms with Gasteiger partial charge in [-0.05, 0) is 37.5 Å². The van der Waals surface area contributed by atoms with Crippen LogP contribution in [0.1, 0.15) is 42.0 Å². The van der Waals surface area contributed by atoms with Crippen LogP contribution in [-0.2, 0) is 0 Å². The number of rotatable bonds is 4. The Kier molecular flexibility index (Phi) is 4.26. The van der Waals surface area contributed by atoms with Crippen LogP contribution in [-0.4, -0.2) is 13.2 Å². The van der Waals surface area contributed by atoms with Crippen molar-refractivity contribution in [3.63, 3.8) is 0 Å². The van der Waals surface area contributed by atoms with Crippen LogP contribution in [0, 0.1) is 6.92 Å². The average molecular weight is 281 g/mol. The standard InChI is InChI=1S/C19H23NO/c1-14-7-9-16(10-8-14)15(2)20-13-17-11-12-21-19-6-4-3-5-18(17)19/h3-10,15,17,20H,11-13H2,1-2H3/t15-,17?/m1/s1. The molecular formula is C19H23NO. The molecule has 1 aliphatic rings. The van der Waals surface area contributed by atoms with Crippen LogP contribution in [0.5, 0.6) is 5.75 Å². The summed E-state index contributed by atoms with van der Waals surface area (Å²) >= 11 is 0. The Bertz CT molecular complexity index is 591. The molecule has 0 radical (unpaired) electrons. The van der Waals surface area contributed by atoms with Crippen molar-refractivity contribution in [2.24, 2.45) is 0 Å².